The van der Waals surface area contributed by atoms with Crippen molar-refractivity contribution in [3.05, 3.63) is 113 Å². The Hall–Kier alpha value is -4.21. The van der Waals surface area contributed by atoms with Crippen LogP contribution in [0.1, 0.15) is 18.9 Å². The molecule has 0 fully saturated rings. The molecule has 208 valence electrons. The lowest BCUT2D eigenvalue weighted by Gasteiger charge is -2.13. The lowest BCUT2D eigenvalue weighted by atomic mass is 9.95. The fraction of sp³-hybridized carbons (Fsp3) is 0.133. The van der Waals surface area contributed by atoms with Crippen molar-refractivity contribution in [2.75, 3.05) is 0 Å². The highest BCUT2D eigenvalue weighted by molar-refractivity contribution is 5.75. The number of aryl methyl sites for hydroxylation is 1. The SMILES string of the molecule is CCCc1ccc(-c2cc(F)c(-c3cc(F)c(-c4cc(F)c(OC=CC(F)F)c(F)c4)c(F)c3)c(F)c2)c(F)c1. The van der Waals surface area contributed by atoms with Gasteiger partial charge in [-0.1, -0.05) is 25.5 Å². The molecule has 0 aliphatic carbocycles. The molecule has 0 radical (unpaired) electrons. The molecule has 0 saturated heterocycles. The minimum Gasteiger partial charge on any atom is -0.459 e. The van der Waals surface area contributed by atoms with E-state index in [-0.39, 0.29) is 17.2 Å². The first-order valence-corrected chi connectivity index (χ1v) is 11.9. The predicted octanol–water partition coefficient (Wildman–Crippen LogP) is 9.77. The Morgan fingerprint density at radius 3 is 1.55 bits per heavy atom. The van der Waals surface area contributed by atoms with Crippen LogP contribution < -0.4 is 4.74 Å². The third-order valence-electron chi connectivity index (χ3n) is 5.95. The molecule has 0 aliphatic heterocycles. The van der Waals surface area contributed by atoms with Gasteiger partial charge in [0.25, 0.3) is 6.43 Å². The summed E-state index contributed by atoms with van der Waals surface area (Å²) in [5.74, 6) is -9.93. The van der Waals surface area contributed by atoms with E-state index in [1.807, 2.05) is 6.92 Å². The summed E-state index contributed by atoms with van der Waals surface area (Å²) >= 11 is 0. The van der Waals surface area contributed by atoms with Gasteiger partial charge in [0.2, 0.25) is 0 Å². The Labute approximate surface area is 223 Å². The van der Waals surface area contributed by atoms with E-state index in [1.54, 1.807) is 6.07 Å². The van der Waals surface area contributed by atoms with Crippen LogP contribution >= 0.6 is 0 Å². The fourth-order valence-electron chi connectivity index (χ4n) is 4.22. The molecule has 10 heteroatoms. The van der Waals surface area contributed by atoms with Gasteiger partial charge in [0, 0.05) is 11.6 Å². The van der Waals surface area contributed by atoms with Crippen LogP contribution in [0.4, 0.5) is 39.5 Å². The van der Waals surface area contributed by atoms with Crippen molar-refractivity contribution < 1.29 is 44.3 Å². The molecule has 0 saturated carbocycles. The molecule has 0 N–H and O–H groups in total. The van der Waals surface area contributed by atoms with Crippen molar-refractivity contribution in [2.24, 2.45) is 0 Å². The van der Waals surface area contributed by atoms with E-state index < -0.39 is 75.1 Å². The summed E-state index contributed by atoms with van der Waals surface area (Å²) in [5.41, 5.74) is -2.40. The average molecular weight is 566 g/mol. The third-order valence-corrected chi connectivity index (χ3v) is 5.95. The first-order chi connectivity index (χ1) is 19.0. The van der Waals surface area contributed by atoms with Crippen molar-refractivity contribution in [3.8, 4) is 39.1 Å². The molecule has 4 rings (SSSR count). The maximum absolute atomic E-state index is 15.0. The summed E-state index contributed by atoms with van der Waals surface area (Å²) in [6, 6.07) is 8.08. The number of rotatable bonds is 8. The number of hydrogen-bond acceptors (Lipinski definition) is 1. The lowest BCUT2D eigenvalue weighted by molar-refractivity contribution is 0.200. The molecule has 0 bridgehead atoms. The second-order valence-corrected chi connectivity index (χ2v) is 8.74. The minimum atomic E-state index is -2.95. The number of halogens is 9. The van der Waals surface area contributed by atoms with E-state index in [0.717, 1.165) is 18.6 Å². The van der Waals surface area contributed by atoms with Crippen LogP contribution in [0.3, 0.4) is 0 Å². The summed E-state index contributed by atoms with van der Waals surface area (Å²) in [6.07, 6.45) is -0.993. The molecule has 0 amide bonds. The molecule has 4 aromatic rings. The molecule has 1 nitrogen and oxygen atoms in total. The molecule has 0 aliphatic rings. The zero-order valence-electron chi connectivity index (χ0n) is 20.7. The Kier molecular flexibility index (Phi) is 8.56. The molecular weight excluding hydrogens is 547 g/mol. The molecule has 4 aromatic carbocycles. The molecule has 0 aromatic heterocycles. The van der Waals surface area contributed by atoms with E-state index in [2.05, 4.69) is 4.74 Å². The van der Waals surface area contributed by atoms with Crippen molar-refractivity contribution in [2.45, 2.75) is 26.2 Å². The highest BCUT2D eigenvalue weighted by Gasteiger charge is 2.22. The van der Waals surface area contributed by atoms with Crippen LogP contribution in [0.15, 0.2) is 66.9 Å². The largest absolute Gasteiger partial charge is 0.459 e. The quantitative estimate of drug-likeness (QED) is 0.152. The topological polar surface area (TPSA) is 9.23 Å². The zero-order chi connectivity index (χ0) is 29.1. The number of benzene rings is 4. The third kappa shape index (κ3) is 6.00. The Bertz CT molecular complexity index is 1530. The van der Waals surface area contributed by atoms with Gasteiger partial charge in [-0.15, -0.1) is 0 Å². The van der Waals surface area contributed by atoms with E-state index >= 15 is 8.78 Å². The number of hydrogen-bond donors (Lipinski definition) is 0. The number of ether oxygens (including phenoxy) is 1. The Balaban J connectivity index is 1.70. The molecule has 0 unspecified atom stereocenters. The van der Waals surface area contributed by atoms with Crippen LogP contribution in [0, 0.1) is 40.7 Å². The van der Waals surface area contributed by atoms with Gasteiger partial charge < -0.3 is 4.74 Å². The van der Waals surface area contributed by atoms with Gasteiger partial charge in [-0.3, -0.25) is 0 Å². The number of alkyl halides is 2. The lowest BCUT2D eigenvalue weighted by Crippen LogP contribution is -1.99. The first-order valence-electron chi connectivity index (χ1n) is 11.9. The van der Waals surface area contributed by atoms with Crippen molar-refractivity contribution in [1.82, 2.24) is 0 Å². The van der Waals surface area contributed by atoms with E-state index in [9.17, 15) is 30.7 Å². The van der Waals surface area contributed by atoms with Crippen LogP contribution in [0.25, 0.3) is 33.4 Å². The highest BCUT2D eigenvalue weighted by atomic mass is 19.3. The van der Waals surface area contributed by atoms with Gasteiger partial charge >= 0.3 is 0 Å². The van der Waals surface area contributed by atoms with E-state index in [0.29, 0.717) is 42.5 Å². The summed E-state index contributed by atoms with van der Waals surface area (Å²) in [4.78, 5) is 0. The number of allylic oxidation sites excluding steroid dienone is 1. The maximum atomic E-state index is 15.0. The monoisotopic (exact) mass is 566 g/mol. The van der Waals surface area contributed by atoms with E-state index in [1.165, 1.54) is 12.1 Å². The molecule has 0 atom stereocenters. The van der Waals surface area contributed by atoms with Gasteiger partial charge in [0.15, 0.2) is 17.4 Å². The van der Waals surface area contributed by atoms with Crippen LogP contribution in [0.2, 0.25) is 0 Å². The summed E-state index contributed by atoms with van der Waals surface area (Å²) < 4.78 is 132. The first kappa shape index (κ1) is 28.8. The maximum Gasteiger partial charge on any atom is 0.260 e. The summed E-state index contributed by atoms with van der Waals surface area (Å²) in [5, 5.41) is 0. The Morgan fingerprint density at radius 1 is 0.625 bits per heavy atom. The minimum absolute atomic E-state index is 0.0712. The molecule has 0 heterocycles. The van der Waals surface area contributed by atoms with Gasteiger partial charge in [0.1, 0.15) is 29.1 Å². The smallest absolute Gasteiger partial charge is 0.260 e. The van der Waals surface area contributed by atoms with Crippen LogP contribution in [0.5, 0.6) is 5.75 Å². The second-order valence-electron chi connectivity index (χ2n) is 8.74. The second kappa shape index (κ2) is 11.9. The predicted molar refractivity (Wildman–Crippen MR) is 132 cm³/mol. The highest BCUT2D eigenvalue weighted by Crippen LogP contribution is 2.37. The summed E-state index contributed by atoms with van der Waals surface area (Å²) in [7, 11) is 0. The van der Waals surface area contributed by atoms with Crippen molar-refractivity contribution in [1.29, 1.82) is 0 Å². The normalized spacial score (nSPS) is 11.6. The van der Waals surface area contributed by atoms with Gasteiger partial charge in [0.05, 0.1) is 17.4 Å². The zero-order valence-corrected chi connectivity index (χ0v) is 20.7. The summed E-state index contributed by atoms with van der Waals surface area (Å²) in [6.45, 7) is 1.91. The standard InChI is InChI=1S/C30H19F9O/c1-2-3-15-4-5-19(20(31)8-15)16-9-21(32)28(22(33)10-16)17-11-23(34)29(24(35)12-17)18-13-25(36)30(26(37)14-18)40-7-6-27(38)39/h4-14,27H,2-3H2,1H3. The molecular formula is C30H19F9O. The van der Waals surface area contributed by atoms with E-state index in [4.69, 9.17) is 0 Å². The van der Waals surface area contributed by atoms with Crippen molar-refractivity contribution >= 4 is 0 Å². The fourth-order valence-corrected chi connectivity index (χ4v) is 4.22. The van der Waals surface area contributed by atoms with Crippen LogP contribution in [-0.4, -0.2) is 6.43 Å². The Morgan fingerprint density at radius 2 is 1.10 bits per heavy atom. The van der Waals surface area contributed by atoms with Crippen molar-refractivity contribution in [3.63, 3.8) is 0 Å². The van der Waals surface area contributed by atoms with Crippen LogP contribution in [-0.2, 0) is 6.42 Å². The van der Waals surface area contributed by atoms with Gasteiger partial charge in [-0.2, -0.15) is 0 Å². The van der Waals surface area contributed by atoms with Gasteiger partial charge in [-0.25, -0.2) is 39.5 Å². The molecule has 0 spiro atoms. The van der Waals surface area contributed by atoms with Gasteiger partial charge in [-0.05, 0) is 71.1 Å². The average Bonchev–Trinajstić information content (AvgIpc) is 2.85. The molecule has 40 heavy (non-hydrogen) atoms.